The van der Waals surface area contributed by atoms with E-state index in [9.17, 15) is 13.2 Å². The summed E-state index contributed by atoms with van der Waals surface area (Å²) in [6.45, 7) is -0.0652. The maximum Gasteiger partial charge on any atom is 0.278 e. The minimum Gasteiger partial charge on any atom is -0.497 e. The first-order valence-corrected chi connectivity index (χ1v) is 16.0. The van der Waals surface area contributed by atoms with Crippen molar-refractivity contribution >= 4 is 21.3 Å². The molecule has 0 aliphatic carbocycles. The van der Waals surface area contributed by atoms with Crippen LogP contribution in [0, 0.1) is 0 Å². The van der Waals surface area contributed by atoms with Crippen LogP contribution in [0.5, 0.6) is 11.5 Å². The lowest BCUT2D eigenvalue weighted by Crippen LogP contribution is -2.39. The Morgan fingerprint density at radius 2 is 1.51 bits per heavy atom. The predicted molar refractivity (Wildman–Crippen MR) is 165 cm³/mol. The molecule has 3 heterocycles. The molecule has 0 bridgehead atoms. The second-order valence-electron chi connectivity index (χ2n) is 10.6. The van der Waals surface area contributed by atoms with Crippen molar-refractivity contribution in [3.63, 3.8) is 0 Å². The van der Waals surface area contributed by atoms with Crippen LogP contribution in [-0.2, 0) is 29.4 Å². The monoisotopic (exact) mass is 632 g/mol. The van der Waals surface area contributed by atoms with Crippen LogP contribution < -0.4 is 15.0 Å². The average Bonchev–Trinajstić information content (AvgIpc) is 3.66. The molecule has 0 spiro atoms. The smallest absolute Gasteiger partial charge is 0.278 e. The van der Waals surface area contributed by atoms with Gasteiger partial charge in [-0.25, -0.2) is 9.97 Å². The van der Waals surface area contributed by atoms with E-state index in [0.717, 1.165) is 22.9 Å². The van der Waals surface area contributed by atoms with Crippen molar-refractivity contribution in [2.24, 2.45) is 0 Å². The van der Waals surface area contributed by atoms with Gasteiger partial charge in [-0.15, -0.1) is 0 Å². The molecule has 1 aliphatic rings. The first kappa shape index (κ1) is 30.5. The number of aromatic amines is 1. The van der Waals surface area contributed by atoms with E-state index in [1.165, 1.54) is 12.7 Å². The molecule has 0 saturated carbocycles. The van der Waals surface area contributed by atoms with E-state index in [4.69, 9.17) is 23.1 Å². The molecular formula is C32H32N4O8S. The Labute approximate surface area is 259 Å². The quantitative estimate of drug-likeness (QED) is 0.169. The lowest BCUT2D eigenvalue weighted by Gasteiger charge is -2.37. The molecule has 0 radical (unpaired) electrons. The predicted octanol–water partition coefficient (Wildman–Crippen LogP) is 3.78. The Bertz CT molecular complexity index is 1880. The summed E-state index contributed by atoms with van der Waals surface area (Å²) in [5.74, 6) is 1.36. The SMILES string of the molecule is COc1ccc(C(OC[C@H]2O[C@@H](n3cnc4c(=O)[nH]cnc43)C[C@H]2OS(C)(=O)=O)(c2ccccc2)c2ccc(OC)cc2)cc1. The van der Waals surface area contributed by atoms with Crippen molar-refractivity contribution in [2.75, 3.05) is 27.1 Å². The molecule has 12 nitrogen and oxygen atoms in total. The van der Waals surface area contributed by atoms with Crippen LogP contribution in [0.3, 0.4) is 0 Å². The molecule has 3 atom stereocenters. The van der Waals surface area contributed by atoms with Gasteiger partial charge in [0.1, 0.15) is 35.5 Å². The summed E-state index contributed by atoms with van der Waals surface area (Å²) in [6, 6.07) is 24.9. The van der Waals surface area contributed by atoms with Crippen LogP contribution in [0.1, 0.15) is 29.3 Å². The van der Waals surface area contributed by atoms with Gasteiger partial charge in [-0.05, 0) is 41.0 Å². The van der Waals surface area contributed by atoms with Crippen LogP contribution in [0.15, 0.2) is 96.3 Å². The van der Waals surface area contributed by atoms with Gasteiger partial charge in [-0.1, -0.05) is 54.6 Å². The number of nitrogens with one attached hydrogen (secondary N) is 1. The Morgan fingerprint density at radius 1 is 0.911 bits per heavy atom. The van der Waals surface area contributed by atoms with Crippen LogP contribution in [0.2, 0.25) is 0 Å². The van der Waals surface area contributed by atoms with Crippen LogP contribution in [0.25, 0.3) is 11.2 Å². The number of hydrogen-bond donors (Lipinski definition) is 1. The highest BCUT2D eigenvalue weighted by Gasteiger charge is 2.44. The molecule has 234 valence electrons. The van der Waals surface area contributed by atoms with Crippen molar-refractivity contribution in [3.8, 4) is 11.5 Å². The van der Waals surface area contributed by atoms with Gasteiger partial charge in [0, 0.05) is 6.42 Å². The van der Waals surface area contributed by atoms with E-state index < -0.39 is 39.7 Å². The summed E-state index contributed by atoms with van der Waals surface area (Å²) in [5, 5.41) is 0. The Hall–Kier alpha value is -4.56. The molecular weight excluding hydrogens is 600 g/mol. The van der Waals surface area contributed by atoms with Crippen LogP contribution in [0.4, 0.5) is 0 Å². The number of aromatic nitrogens is 4. The number of rotatable bonds is 11. The lowest BCUT2D eigenvalue weighted by molar-refractivity contribution is -0.0896. The molecule has 0 unspecified atom stereocenters. The average molecular weight is 633 g/mol. The zero-order chi connectivity index (χ0) is 31.6. The van der Waals surface area contributed by atoms with Crippen molar-refractivity contribution in [1.82, 2.24) is 19.5 Å². The van der Waals surface area contributed by atoms with Gasteiger partial charge in [-0.3, -0.25) is 13.5 Å². The molecule has 5 aromatic rings. The first-order valence-electron chi connectivity index (χ1n) is 14.1. The van der Waals surface area contributed by atoms with Gasteiger partial charge in [0.05, 0.1) is 39.7 Å². The van der Waals surface area contributed by atoms with Crippen LogP contribution in [-0.4, -0.2) is 67.2 Å². The molecule has 1 N–H and O–H groups in total. The second-order valence-corrected chi connectivity index (χ2v) is 12.2. The van der Waals surface area contributed by atoms with Crippen LogP contribution >= 0.6 is 0 Å². The number of hydrogen-bond acceptors (Lipinski definition) is 10. The number of nitrogens with zero attached hydrogens (tertiary/aromatic N) is 3. The fourth-order valence-electron chi connectivity index (χ4n) is 5.70. The number of benzene rings is 3. The number of methoxy groups -OCH3 is 2. The third kappa shape index (κ3) is 6.07. The standard InChI is InChI=1S/C32H32N4O8S/c1-40-24-13-9-22(10-14-24)32(21-7-5-4-6-8-21,23-11-15-25(41-2)16-12-23)42-18-27-26(44-45(3,38)39)17-28(43-27)36-20-35-29-30(36)33-19-34-31(29)37/h4-16,19-20,26-28H,17-18H2,1-3H3,(H,33,34,37)/t26-,27-,28-/m1/s1. The molecule has 1 aliphatic heterocycles. The van der Waals surface area contributed by atoms with Gasteiger partial charge in [0.2, 0.25) is 0 Å². The zero-order valence-electron chi connectivity index (χ0n) is 24.8. The Balaban J connectivity index is 1.42. The van der Waals surface area contributed by atoms with Crippen molar-refractivity contribution in [2.45, 2.75) is 30.5 Å². The highest BCUT2D eigenvalue weighted by molar-refractivity contribution is 7.86. The largest absolute Gasteiger partial charge is 0.497 e. The number of imidazole rings is 1. The molecule has 45 heavy (non-hydrogen) atoms. The highest BCUT2D eigenvalue weighted by atomic mass is 32.2. The van der Waals surface area contributed by atoms with Gasteiger partial charge in [0.25, 0.3) is 15.7 Å². The van der Waals surface area contributed by atoms with E-state index >= 15 is 0 Å². The summed E-state index contributed by atoms with van der Waals surface area (Å²) in [5.41, 5.74) is 1.33. The number of H-pyrrole nitrogens is 1. The first-order chi connectivity index (χ1) is 21.7. The molecule has 1 fully saturated rings. The summed E-state index contributed by atoms with van der Waals surface area (Å²) in [4.78, 5) is 23.2. The van der Waals surface area contributed by atoms with Crippen molar-refractivity contribution < 1.29 is 31.5 Å². The minimum absolute atomic E-state index is 0.0652. The van der Waals surface area contributed by atoms with E-state index in [2.05, 4.69) is 15.0 Å². The Morgan fingerprint density at radius 3 is 2.09 bits per heavy atom. The third-order valence-electron chi connectivity index (χ3n) is 7.79. The summed E-state index contributed by atoms with van der Waals surface area (Å²) < 4.78 is 56.0. The molecule has 2 aromatic heterocycles. The number of ether oxygens (including phenoxy) is 4. The maximum atomic E-state index is 12.4. The summed E-state index contributed by atoms with van der Waals surface area (Å²) >= 11 is 0. The van der Waals surface area contributed by atoms with Gasteiger partial charge in [-0.2, -0.15) is 8.42 Å². The van der Waals surface area contributed by atoms with E-state index in [0.29, 0.717) is 17.1 Å². The van der Waals surface area contributed by atoms with Gasteiger partial charge in [0.15, 0.2) is 11.2 Å². The summed E-state index contributed by atoms with van der Waals surface area (Å²) in [6.07, 6.45) is 1.41. The zero-order valence-corrected chi connectivity index (χ0v) is 25.6. The molecule has 3 aromatic carbocycles. The number of fused-ring (bicyclic) bond motifs is 1. The Kier molecular flexibility index (Phi) is 8.42. The fraction of sp³-hybridized carbons (Fsp3) is 0.281. The molecule has 6 rings (SSSR count). The van der Waals surface area contributed by atoms with Gasteiger partial charge >= 0.3 is 0 Å². The van der Waals surface area contributed by atoms with E-state index in [1.54, 1.807) is 18.8 Å². The van der Waals surface area contributed by atoms with Crippen molar-refractivity contribution in [1.29, 1.82) is 0 Å². The maximum absolute atomic E-state index is 12.4. The van der Waals surface area contributed by atoms with Crippen molar-refractivity contribution in [3.05, 3.63) is 119 Å². The minimum atomic E-state index is -3.87. The second kappa shape index (κ2) is 12.4. The molecule has 13 heteroatoms. The normalized spacial score (nSPS) is 18.7. The highest BCUT2D eigenvalue weighted by Crippen LogP contribution is 2.43. The molecule has 0 amide bonds. The summed E-state index contributed by atoms with van der Waals surface area (Å²) in [7, 11) is -0.663. The third-order valence-corrected chi connectivity index (χ3v) is 8.39. The lowest BCUT2D eigenvalue weighted by atomic mass is 9.80. The molecule has 1 saturated heterocycles. The van der Waals surface area contributed by atoms with E-state index in [1.807, 2.05) is 78.9 Å². The van der Waals surface area contributed by atoms with Gasteiger partial charge < -0.3 is 23.9 Å². The fourth-order valence-corrected chi connectivity index (χ4v) is 6.35. The van der Waals surface area contributed by atoms with E-state index in [-0.39, 0.29) is 18.5 Å². The topological polar surface area (TPSA) is 144 Å².